The molecular formula is C25H34ClN7O. The summed E-state index contributed by atoms with van der Waals surface area (Å²) in [5, 5.41) is 13.4. The van der Waals surface area contributed by atoms with Crippen molar-refractivity contribution in [3.63, 3.8) is 0 Å². The van der Waals surface area contributed by atoms with Gasteiger partial charge >= 0.3 is 0 Å². The van der Waals surface area contributed by atoms with Crippen LogP contribution in [0.1, 0.15) is 19.8 Å². The van der Waals surface area contributed by atoms with Gasteiger partial charge in [-0.1, -0.05) is 18.5 Å². The molecule has 3 N–H and O–H groups in total. The number of H-pyrrole nitrogens is 1. The quantitative estimate of drug-likeness (QED) is 0.475. The van der Waals surface area contributed by atoms with E-state index in [4.69, 9.17) is 21.7 Å². The van der Waals surface area contributed by atoms with Crippen LogP contribution in [0.2, 0.25) is 5.02 Å². The van der Waals surface area contributed by atoms with E-state index >= 15 is 0 Å². The maximum atomic E-state index is 9.14. The van der Waals surface area contributed by atoms with Gasteiger partial charge in [-0.3, -0.25) is 4.90 Å². The van der Waals surface area contributed by atoms with Gasteiger partial charge in [-0.2, -0.15) is 0 Å². The average Bonchev–Trinajstić information content (AvgIpc) is 3.32. The third-order valence-corrected chi connectivity index (χ3v) is 7.44. The van der Waals surface area contributed by atoms with Gasteiger partial charge < -0.3 is 25.2 Å². The topological polar surface area (TPSA) is 83.6 Å². The molecule has 2 aliphatic rings. The van der Waals surface area contributed by atoms with E-state index in [9.17, 15) is 0 Å². The van der Waals surface area contributed by atoms with Crippen LogP contribution in [0.25, 0.3) is 22.6 Å². The molecule has 0 saturated carbocycles. The monoisotopic (exact) mass is 483 g/mol. The van der Waals surface area contributed by atoms with Crippen molar-refractivity contribution in [2.45, 2.75) is 25.8 Å². The molecule has 2 aliphatic heterocycles. The number of anilines is 2. The molecule has 0 bridgehead atoms. The lowest BCUT2D eigenvalue weighted by Gasteiger charge is -2.35. The highest BCUT2D eigenvalue weighted by Gasteiger charge is 2.21. The Labute approximate surface area is 205 Å². The average molecular weight is 484 g/mol. The lowest BCUT2D eigenvalue weighted by Crippen LogP contribution is -2.47. The van der Waals surface area contributed by atoms with E-state index in [0.717, 1.165) is 87.8 Å². The highest BCUT2D eigenvalue weighted by molar-refractivity contribution is 6.34. The molecule has 182 valence electrons. The number of pyridine rings is 1. The summed E-state index contributed by atoms with van der Waals surface area (Å²) in [4.78, 5) is 19.9. The van der Waals surface area contributed by atoms with Crippen molar-refractivity contribution in [1.82, 2.24) is 24.8 Å². The molecule has 2 saturated heterocycles. The van der Waals surface area contributed by atoms with Gasteiger partial charge in [0.15, 0.2) is 5.65 Å². The van der Waals surface area contributed by atoms with Gasteiger partial charge in [-0.15, -0.1) is 0 Å². The fourth-order valence-corrected chi connectivity index (χ4v) is 5.21. The molecule has 0 radical (unpaired) electrons. The number of likely N-dealkylation sites (tertiary alicyclic amines) is 1. The zero-order valence-corrected chi connectivity index (χ0v) is 20.6. The third-order valence-electron chi connectivity index (χ3n) is 7.15. The number of aromatic nitrogens is 3. The zero-order valence-electron chi connectivity index (χ0n) is 19.8. The van der Waals surface area contributed by atoms with Gasteiger partial charge in [0.05, 0.1) is 23.5 Å². The molecule has 0 spiro atoms. The Morgan fingerprint density at radius 2 is 1.79 bits per heavy atom. The fraction of sp³-hybridized carbons (Fsp3) is 0.520. The number of rotatable bonds is 7. The number of aliphatic hydroxyl groups is 1. The first-order valence-corrected chi connectivity index (χ1v) is 12.7. The molecule has 0 unspecified atom stereocenters. The van der Waals surface area contributed by atoms with E-state index in [2.05, 4.69) is 61.2 Å². The van der Waals surface area contributed by atoms with Crippen molar-refractivity contribution < 1.29 is 5.11 Å². The molecule has 3 aromatic rings. The number of piperidine rings is 1. The highest BCUT2D eigenvalue weighted by Crippen LogP contribution is 2.32. The molecule has 8 nitrogen and oxygen atoms in total. The van der Waals surface area contributed by atoms with E-state index in [1.165, 1.54) is 5.69 Å². The summed E-state index contributed by atoms with van der Waals surface area (Å²) < 4.78 is 0. The normalized spacial score (nSPS) is 18.6. The zero-order chi connectivity index (χ0) is 23.5. The summed E-state index contributed by atoms with van der Waals surface area (Å²) in [7, 11) is 0. The molecule has 9 heteroatoms. The van der Waals surface area contributed by atoms with Gasteiger partial charge in [0.2, 0.25) is 0 Å². The van der Waals surface area contributed by atoms with Crippen molar-refractivity contribution in [2.75, 3.05) is 69.2 Å². The second-order valence-electron chi connectivity index (χ2n) is 9.22. The van der Waals surface area contributed by atoms with Crippen molar-refractivity contribution in [2.24, 2.45) is 0 Å². The summed E-state index contributed by atoms with van der Waals surface area (Å²) in [6, 6.07) is 8.94. The van der Waals surface area contributed by atoms with E-state index in [1.54, 1.807) is 6.20 Å². The Kier molecular flexibility index (Phi) is 7.20. The minimum Gasteiger partial charge on any atom is -0.395 e. The number of piperazine rings is 1. The number of β-amino-alcohol motifs (C(OH)–C–C–N with tert-alkyl or cyclic N) is 1. The predicted molar refractivity (Wildman–Crippen MR) is 139 cm³/mol. The maximum Gasteiger partial charge on any atom is 0.180 e. The van der Waals surface area contributed by atoms with Gasteiger partial charge in [-0.25, -0.2) is 9.97 Å². The second kappa shape index (κ2) is 10.5. The molecule has 0 atom stereocenters. The Morgan fingerprint density at radius 3 is 2.47 bits per heavy atom. The molecule has 4 heterocycles. The first-order valence-electron chi connectivity index (χ1n) is 12.4. The maximum absolute atomic E-state index is 9.14. The number of aromatic amines is 1. The van der Waals surface area contributed by atoms with Crippen LogP contribution in [0.5, 0.6) is 0 Å². The standard InChI is InChI=1S/C25H34ClN7O/c1-2-31-9-7-19(8-10-31)28-22-21(26)17-27-25-23(22)29-24(30-25)18-3-5-20(6-4-18)33-13-11-32(12-14-33)15-16-34/h3-6,17,19,34H,2,7-16H2,1H3,(H2,27,28,29,30). The van der Waals surface area contributed by atoms with Gasteiger partial charge in [-0.05, 0) is 43.7 Å². The Morgan fingerprint density at radius 1 is 1.06 bits per heavy atom. The smallest absolute Gasteiger partial charge is 0.180 e. The SMILES string of the molecule is CCN1CCC(Nc2c(Cl)cnc3nc(-c4ccc(N5CCN(CCO)CC5)cc4)[nH]c23)CC1. The van der Waals surface area contributed by atoms with E-state index < -0.39 is 0 Å². The van der Waals surface area contributed by atoms with Crippen molar-refractivity contribution in [3.8, 4) is 11.4 Å². The van der Waals surface area contributed by atoms with Gasteiger partial charge in [0, 0.05) is 63.1 Å². The number of benzene rings is 1. The van der Waals surface area contributed by atoms with E-state index in [1.807, 2.05) is 0 Å². The molecule has 1 aromatic carbocycles. The Bertz CT molecular complexity index is 1090. The molecule has 2 aromatic heterocycles. The fourth-order valence-electron chi connectivity index (χ4n) is 5.01. The van der Waals surface area contributed by atoms with Gasteiger partial charge in [0.25, 0.3) is 0 Å². The molecule has 0 aliphatic carbocycles. The van der Waals surface area contributed by atoms with E-state index in [0.29, 0.717) is 16.7 Å². The van der Waals surface area contributed by atoms with Crippen molar-refractivity contribution in [1.29, 1.82) is 0 Å². The molecule has 5 rings (SSSR count). The lowest BCUT2D eigenvalue weighted by molar-refractivity contribution is 0.189. The van der Waals surface area contributed by atoms with Crippen LogP contribution in [-0.2, 0) is 0 Å². The minimum absolute atomic E-state index is 0.224. The van der Waals surface area contributed by atoms with Crippen LogP contribution < -0.4 is 10.2 Å². The van der Waals surface area contributed by atoms with Crippen LogP contribution in [0.3, 0.4) is 0 Å². The van der Waals surface area contributed by atoms with E-state index in [-0.39, 0.29) is 6.61 Å². The Hall–Kier alpha value is -2.39. The molecule has 34 heavy (non-hydrogen) atoms. The van der Waals surface area contributed by atoms with Crippen LogP contribution >= 0.6 is 11.6 Å². The summed E-state index contributed by atoms with van der Waals surface area (Å²) in [5.74, 6) is 0.799. The van der Waals surface area contributed by atoms with Crippen molar-refractivity contribution in [3.05, 3.63) is 35.5 Å². The summed E-state index contributed by atoms with van der Waals surface area (Å²) in [5.41, 5.74) is 4.68. The molecule has 2 fully saturated rings. The van der Waals surface area contributed by atoms with Crippen LogP contribution in [-0.4, -0.2) is 94.9 Å². The number of hydrogen-bond acceptors (Lipinski definition) is 7. The summed E-state index contributed by atoms with van der Waals surface area (Å²) in [6.07, 6.45) is 3.90. The number of halogens is 1. The highest BCUT2D eigenvalue weighted by atomic mass is 35.5. The number of nitrogens with zero attached hydrogens (tertiary/aromatic N) is 5. The summed E-state index contributed by atoms with van der Waals surface area (Å²) >= 11 is 6.56. The first-order chi connectivity index (χ1) is 16.6. The molecule has 0 amide bonds. The number of fused-ring (bicyclic) bond motifs is 1. The third kappa shape index (κ3) is 5.00. The lowest BCUT2D eigenvalue weighted by atomic mass is 10.0. The number of hydrogen-bond donors (Lipinski definition) is 3. The number of aliphatic hydroxyl groups excluding tert-OH is 1. The van der Waals surface area contributed by atoms with Crippen LogP contribution in [0, 0.1) is 0 Å². The van der Waals surface area contributed by atoms with Crippen LogP contribution in [0.15, 0.2) is 30.5 Å². The van der Waals surface area contributed by atoms with Gasteiger partial charge in [0.1, 0.15) is 11.3 Å². The number of nitrogens with one attached hydrogen (secondary N) is 2. The largest absolute Gasteiger partial charge is 0.395 e. The predicted octanol–water partition coefficient (Wildman–Crippen LogP) is 3.29. The van der Waals surface area contributed by atoms with Crippen LogP contribution in [0.4, 0.5) is 11.4 Å². The summed E-state index contributed by atoms with van der Waals surface area (Å²) in [6.45, 7) is 10.4. The Balaban J connectivity index is 1.31. The first kappa shape index (κ1) is 23.4. The number of imidazole rings is 1. The molecular weight excluding hydrogens is 450 g/mol. The minimum atomic E-state index is 0.224. The second-order valence-corrected chi connectivity index (χ2v) is 9.62. The van der Waals surface area contributed by atoms with Crippen molar-refractivity contribution >= 4 is 34.1 Å².